The van der Waals surface area contributed by atoms with Gasteiger partial charge in [0, 0.05) is 17.8 Å². The topological polar surface area (TPSA) is 55.1 Å². The van der Waals surface area contributed by atoms with Crippen molar-refractivity contribution in [3.8, 4) is 0 Å². The number of nitrogens with one attached hydrogen (secondary N) is 1. The largest absolute Gasteiger partial charge is 0.399 e. The van der Waals surface area contributed by atoms with E-state index in [4.69, 9.17) is 5.73 Å². The molecule has 0 atom stereocenters. The van der Waals surface area contributed by atoms with Gasteiger partial charge in [-0.1, -0.05) is 29.8 Å². The Balaban J connectivity index is 2.05. The fourth-order valence-corrected chi connectivity index (χ4v) is 1.89. The second kappa shape index (κ2) is 5.57. The minimum atomic E-state index is -0.0435. The van der Waals surface area contributed by atoms with E-state index in [-0.39, 0.29) is 5.91 Å². The Bertz CT molecular complexity index is 588. The van der Waals surface area contributed by atoms with Gasteiger partial charge in [-0.05, 0) is 43.2 Å². The number of hydrogen-bond donors (Lipinski definition) is 2. The molecule has 0 heterocycles. The molecule has 1 amide bonds. The van der Waals surface area contributed by atoms with Crippen LogP contribution in [0, 0.1) is 13.8 Å². The number of nitrogens with two attached hydrogens (primary N) is 1. The first kappa shape index (κ1) is 13.1. The van der Waals surface area contributed by atoms with E-state index in [0.717, 1.165) is 27.9 Å². The summed E-state index contributed by atoms with van der Waals surface area (Å²) in [6.45, 7) is 4.43. The molecule has 0 radical (unpaired) electrons. The Morgan fingerprint density at radius 2 is 1.79 bits per heavy atom. The smallest absolute Gasteiger partial charge is 0.251 e. The van der Waals surface area contributed by atoms with Crippen LogP contribution in [0.15, 0.2) is 42.5 Å². The number of benzene rings is 2. The molecule has 0 aliphatic carbocycles. The Morgan fingerprint density at radius 1 is 1.11 bits per heavy atom. The molecular weight excluding hydrogens is 236 g/mol. The van der Waals surface area contributed by atoms with Gasteiger partial charge in [-0.15, -0.1) is 0 Å². The minimum Gasteiger partial charge on any atom is -0.399 e. The number of rotatable bonds is 3. The number of carbonyl (C=O) groups is 1. The van der Waals surface area contributed by atoms with Crippen molar-refractivity contribution >= 4 is 11.6 Å². The maximum absolute atomic E-state index is 12.1. The van der Waals surface area contributed by atoms with E-state index < -0.39 is 0 Å². The summed E-state index contributed by atoms with van der Waals surface area (Å²) in [5, 5.41) is 2.92. The first-order chi connectivity index (χ1) is 9.06. The van der Waals surface area contributed by atoms with Gasteiger partial charge in [0.25, 0.3) is 5.91 Å². The molecule has 98 valence electrons. The molecule has 0 saturated heterocycles. The molecule has 0 unspecified atom stereocenters. The van der Waals surface area contributed by atoms with Gasteiger partial charge >= 0.3 is 0 Å². The lowest BCUT2D eigenvalue weighted by molar-refractivity contribution is 0.0950. The zero-order chi connectivity index (χ0) is 13.8. The van der Waals surface area contributed by atoms with Crippen molar-refractivity contribution < 1.29 is 4.79 Å². The van der Waals surface area contributed by atoms with Crippen LogP contribution in [0.5, 0.6) is 0 Å². The molecule has 3 nitrogen and oxygen atoms in total. The van der Waals surface area contributed by atoms with Crippen molar-refractivity contribution in [3.05, 3.63) is 64.7 Å². The molecule has 2 aromatic carbocycles. The van der Waals surface area contributed by atoms with Crippen LogP contribution in [0.2, 0.25) is 0 Å². The van der Waals surface area contributed by atoms with Crippen molar-refractivity contribution in [2.45, 2.75) is 20.4 Å². The summed E-state index contributed by atoms with van der Waals surface area (Å²) in [4.78, 5) is 12.1. The molecule has 0 fully saturated rings. The first-order valence-corrected chi connectivity index (χ1v) is 6.26. The van der Waals surface area contributed by atoms with Crippen molar-refractivity contribution in [3.63, 3.8) is 0 Å². The summed E-state index contributed by atoms with van der Waals surface area (Å²) in [7, 11) is 0. The maximum Gasteiger partial charge on any atom is 0.251 e. The Labute approximate surface area is 113 Å². The van der Waals surface area contributed by atoms with Gasteiger partial charge in [0.2, 0.25) is 0 Å². The van der Waals surface area contributed by atoms with E-state index in [9.17, 15) is 4.79 Å². The zero-order valence-electron chi connectivity index (χ0n) is 11.2. The quantitative estimate of drug-likeness (QED) is 0.827. The zero-order valence-corrected chi connectivity index (χ0v) is 11.2. The van der Waals surface area contributed by atoms with E-state index in [1.165, 1.54) is 0 Å². The van der Waals surface area contributed by atoms with Crippen LogP contribution >= 0.6 is 0 Å². The average molecular weight is 254 g/mol. The number of amides is 1. The van der Waals surface area contributed by atoms with Crippen molar-refractivity contribution in [2.24, 2.45) is 0 Å². The number of anilines is 1. The SMILES string of the molecule is Cc1ccc(C)c(C(=O)NCc2ccc(N)cc2)c1. The molecule has 2 aromatic rings. The highest BCUT2D eigenvalue weighted by atomic mass is 16.1. The normalized spacial score (nSPS) is 10.2. The fourth-order valence-electron chi connectivity index (χ4n) is 1.89. The Morgan fingerprint density at radius 3 is 2.47 bits per heavy atom. The van der Waals surface area contributed by atoms with Gasteiger partial charge in [0.05, 0.1) is 0 Å². The predicted molar refractivity (Wildman–Crippen MR) is 77.9 cm³/mol. The third-order valence-electron chi connectivity index (χ3n) is 3.07. The van der Waals surface area contributed by atoms with Crippen LogP contribution < -0.4 is 11.1 Å². The summed E-state index contributed by atoms with van der Waals surface area (Å²) in [5.41, 5.74) is 10.2. The van der Waals surface area contributed by atoms with Crippen LogP contribution in [-0.2, 0) is 6.54 Å². The van der Waals surface area contributed by atoms with Gasteiger partial charge in [-0.3, -0.25) is 4.79 Å². The molecule has 3 heteroatoms. The highest BCUT2D eigenvalue weighted by molar-refractivity contribution is 5.95. The molecule has 0 aliphatic rings. The highest BCUT2D eigenvalue weighted by Gasteiger charge is 2.08. The summed E-state index contributed by atoms with van der Waals surface area (Å²) in [6, 6.07) is 13.4. The van der Waals surface area contributed by atoms with E-state index in [2.05, 4.69) is 5.32 Å². The van der Waals surface area contributed by atoms with Gasteiger partial charge < -0.3 is 11.1 Å². The molecule has 0 bridgehead atoms. The van der Waals surface area contributed by atoms with Crippen LogP contribution in [0.4, 0.5) is 5.69 Å². The van der Waals surface area contributed by atoms with Crippen LogP contribution in [0.3, 0.4) is 0 Å². The molecular formula is C16H18N2O. The first-order valence-electron chi connectivity index (χ1n) is 6.26. The van der Waals surface area contributed by atoms with Crippen molar-refractivity contribution in [1.82, 2.24) is 5.32 Å². The molecule has 0 spiro atoms. The molecule has 0 aliphatic heterocycles. The minimum absolute atomic E-state index is 0.0435. The lowest BCUT2D eigenvalue weighted by Gasteiger charge is -2.09. The molecule has 3 N–H and O–H groups in total. The number of carbonyl (C=O) groups excluding carboxylic acids is 1. The number of aryl methyl sites for hydroxylation is 2. The third kappa shape index (κ3) is 3.35. The van der Waals surface area contributed by atoms with Gasteiger partial charge in [-0.2, -0.15) is 0 Å². The van der Waals surface area contributed by atoms with Crippen molar-refractivity contribution in [1.29, 1.82) is 0 Å². The number of hydrogen-bond acceptors (Lipinski definition) is 2. The molecule has 0 saturated carbocycles. The third-order valence-corrected chi connectivity index (χ3v) is 3.07. The second-order valence-corrected chi connectivity index (χ2v) is 4.74. The molecule has 19 heavy (non-hydrogen) atoms. The predicted octanol–water partition coefficient (Wildman–Crippen LogP) is 2.82. The Hall–Kier alpha value is -2.29. The van der Waals surface area contributed by atoms with Gasteiger partial charge in [0.15, 0.2) is 0 Å². The summed E-state index contributed by atoms with van der Waals surface area (Å²) in [5.74, 6) is -0.0435. The van der Waals surface area contributed by atoms with Crippen LogP contribution in [-0.4, -0.2) is 5.91 Å². The standard InChI is InChI=1S/C16H18N2O/c1-11-3-4-12(2)15(9-11)16(19)18-10-13-5-7-14(17)8-6-13/h3-9H,10,17H2,1-2H3,(H,18,19). The van der Waals surface area contributed by atoms with E-state index in [1.807, 2.05) is 56.3 Å². The lowest BCUT2D eigenvalue weighted by atomic mass is 10.0. The van der Waals surface area contributed by atoms with E-state index in [0.29, 0.717) is 6.54 Å². The summed E-state index contributed by atoms with van der Waals surface area (Å²) < 4.78 is 0. The maximum atomic E-state index is 12.1. The van der Waals surface area contributed by atoms with Crippen LogP contribution in [0.1, 0.15) is 27.0 Å². The molecule has 2 rings (SSSR count). The van der Waals surface area contributed by atoms with E-state index >= 15 is 0 Å². The van der Waals surface area contributed by atoms with E-state index in [1.54, 1.807) is 0 Å². The summed E-state index contributed by atoms with van der Waals surface area (Å²) in [6.07, 6.45) is 0. The number of nitrogen functional groups attached to an aromatic ring is 1. The van der Waals surface area contributed by atoms with Gasteiger partial charge in [-0.25, -0.2) is 0 Å². The van der Waals surface area contributed by atoms with Gasteiger partial charge in [0.1, 0.15) is 0 Å². The monoisotopic (exact) mass is 254 g/mol. The highest BCUT2D eigenvalue weighted by Crippen LogP contribution is 2.11. The summed E-state index contributed by atoms with van der Waals surface area (Å²) >= 11 is 0. The van der Waals surface area contributed by atoms with Crippen molar-refractivity contribution in [2.75, 3.05) is 5.73 Å². The second-order valence-electron chi connectivity index (χ2n) is 4.74. The average Bonchev–Trinajstić information content (AvgIpc) is 2.40. The molecule has 0 aromatic heterocycles. The van der Waals surface area contributed by atoms with Crippen LogP contribution in [0.25, 0.3) is 0 Å². The lowest BCUT2D eigenvalue weighted by Crippen LogP contribution is -2.23. The Kier molecular flexibility index (Phi) is 3.85. The fraction of sp³-hybridized carbons (Fsp3) is 0.188.